The van der Waals surface area contributed by atoms with Gasteiger partial charge in [-0.1, -0.05) is 0 Å². The first kappa shape index (κ1) is 20.5. The maximum atomic E-state index is 12.3. The number of nitrogens with one attached hydrogen (secondary N) is 2. The molecule has 31 heavy (non-hydrogen) atoms. The fraction of sp³-hybridized carbons (Fsp3) is 0.250. The molecule has 0 fully saturated rings. The molecule has 0 saturated heterocycles. The van der Waals surface area contributed by atoms with Crippen LogP contribution >= 0.6 is 0 Å². The number of hydrogen-bond donors (Lipinski definition) is 2. The third kappa shape index (κ3) is 4.26. The molecule has 7 heteroatoms. The van der Waals surface area contributed by atoms with Crippen molar-refractivity contribution in [3.63, 3.8) is 0 Å². The zero-order chi connectivity index (χ0) is 22.0. The van der Waals surface area contributed by atoms with Gasteiger partial charge in [0.1, 0.15) is 17.1 Å². The fourth-order valence-electron chi connectivity index (χ4n) is 3.68. The molecular formula is C24H24N2O5. The predicted octanol–water partition coefficient (Wildman–Crippen LogP) is 3.64. The zero-order valence-corrected chi connectivity index (χ0v) is 17.7. The Morgan fingerprint density at radius 3 is 2.77 bits per heavy atom. The number of ether oxygens (including phenoxy) is 2. The molecule has 4 rings (SSSR count). The molecule has 7 nitrogen and oxygen atoms in total. The highest BCUT2D eigenvalue weighted by molar-refractivity contribution is 5.86. The lowest BCUT2D eigenvalue weighted by molar-refractivity contribution is -0.123. The summed E-state index contributed by atoms with van der Waals surface area (Å²) in [5.41, 5.74) is 3.74. The molecular weight excluding hydrogens is 396 g/mol. The summed E-state index contributed by atoms with van der Waals surface area (Å²) in [6, 6.07) is 10.9. The normalized spacial score (nSPS) is 11.1. The Morgan fingerprint density at radius 1 is 1.13 bits per heavy atom. The molecule has 2 aromatic heterocycles. The first-order chi connectivity index (χ1) is 15.0. The molecule has 160 valence electrons. The Morgan fingerprint density at radius 2 is 1.97 bits per heavy atom. The highest BCUT2D eigenvalue weighted by Gasteiger charge is 2.12. The van der Waals surface area contributed by atoms with Crippen molar-refractivity contribution >= 4 is 27.8 Å². The van der Waals surface area contributed by atoms with Crippen LogP contribution in [0.1, 0.15) is 16.7 Å². The van der Waals surface area contributed by atoms with E-state index >= 15 is 0 Å². The second kappa shape index (κ2) is 8.55. The molecule has 0 saturated carbocycles. The lowest BCUT2D eigenvalue weighted by Gasteiger charge is -2.11. The maximum absolute atomic E-state index is 12.3. The van der Waals surface area contributed by atoms with Crippen LogP contribution in [0.3, 0.4) is 0 Å². The van der Waals surface area contributed by atoms with Gasteiger partial charge in [-0.15, -0.1) is 0 Å². The molecule has 0 spiro atoms. The summed E-state index contributed by atoms with van der Waals surface area (Å²) in [7, 11) is 1.64. The van der Waals surface area contributed by atoms with Crippen LogP contribution < -0.4 is 20.4 Å². The molecule has 1 amide bonds. The summed E-state index contributed by atoms with van der Waals surface area (Å²) in [5, 5.41) is 4.81. The molecule has 0 radical (unpaired) electrons. The van der Waals surface area contributed by atoms with Gasteiger partial charge in [-0.2, -0.15) is 0 Å². The van der Waals surface area contributed by atoms with Gasteiger partial charge in [-0.25, -0.2) is 4.79 Å². The van der Waals surface area contributed by atoms with Gasteiger partial charge in [-0.05, 0) is 61.7 Å². The van der Waals surface area contributed by atoms with Crippen molar-refractivity contribution < 1.29 is 18.7 Å². The quantitative estimate of drug-likeness (QED) is 0.445. The van der Waals surface area contributed by atoms with E-state index in [9.17, 15) is 9.59 Å². The molecule has 4 aromatic rings. The minimum Gasteiger partial charge on any atom is -0.497 e. The van der Waals surface area contributed by atoms with Crippen molar-refractivity contribution in [3.05, 3.63) is 69.7 Å². The van der Waals surface area contributed by atoms with Crippen LogP contribution in [0.4, 0.5) is 0 Å². The number of aromatic nitrogens is 1. The Hall–Kier alpha value is -3.74. The number of benzene rings is 2. The van der Waals surface area contributed by atoms with E-state index in [0.717, 1.165) is 33.2 Å². The van der Waals surface area contributed by atoms with E-state index in [-0.39, 0.29) is 12.5 Å². The first-order valence-electron chi connectivity index (χ1n) is 10.0. The first-order valence-corrected chi connectivity index (χ1v) is 10.0. The highest BCUT2D eigenvalue weighted by atomic mass is 16.5. The van der Waals surface area contributed by atoms with E-state index in [1.54, 1.807) is 13.2 Å². The summed E-state index contributed by atoms with van der Waals surface area (Å²) < 4.78 is 16.3. The number of H-pyrrole nitrogens is 1. The van der Waals surface area contributed by atoms with Crippen LogP contribution in [0.25, 0.3) is 21.9 Å². The number of amides is 1. The molecule has 2 aromatic carbocycles. The summed E-state index contributed by atoms with van der Waals surface area (Å²) in [4.78, 5) is 27.2. The Bertz CT molecular complexity index is 1320. The number of fused-ring (bicyclic) bond motifs is 2. The monoisotopic (exact) mass is 420 g/mol. The maximum Gasteiger partial charge on any atom is 0.336 e. The number of methoxy groups -OCH3 is 1. The lowest BCUT2D eigenvalue weighted by atomic mass is 10.1. The molecule has 2 heterocycles. The number of hydrogen-bond acceptors (Lipinski definition) is 5. The van der Waals surface area contributed by atoms with Crippen molar-refractivity contribution in [2.24, 2.45) is 0 Å². The van der Waals surface area contributed by atoms with Crippen LogP contribution in [0.2, 0.25) is 0 Å². The van der Waals surface area contributed by atoms with Crippen LogP contribution in [-0.2, 0) is 11.2 Å². The average Bonchev–Trinajstić information content (AvgIpc) is 3.15. The van der Waals surface area contributed by atoms with Crippen LogP contribution in [0, 0.1) is 13.8 Å². The minimum absolute atomic E-state index is 0.121. The number of rotatable bonds is 7. The van der Waals surface area contributed by atoms with Gasteiger partial charge >= 0.3 is 5.63 Å². The Kier molecular flexibility index (Phi) is 5.66. The average molecular weight is 420 g/mol. The van der Waals surface area contributed by atoms with E-state index < -0.39 is 5.63 Å². The van der Waals surface area contributed by atoms with Crippen molar-refractivity contribution in [3.8, 4) is 11.5 Å². The fourth-order valence-corrected chi connectivity index (χ4v) is 3.68. The smallest absolute Gasteiger partial charge is 0.336 e. The van der Waals surface area contributed by atoms with E-state index in [1.165, 1.54) is 6.07 Å². The topological polar surface area (TPSA) is 93.6 Å². The van der Waals surface area contributed by atoms with E-state index in [2.05, 4.69) is 10.3 Å². The molecule has 2 N–H and O–H groups in total. The Labute approximate surface area is 179 Å². The third-order valence-corrected chi connectivity index (χ3v) is 5.37. The Balaban J connectivity index is 1.36. The van der Waals surface area contributed by atoms with Crippen molar-refractivity contribution in [2.75, 3.05) is 20.3 Å². The van der Waals surface area contributed by atoms with Gasteiger partial charge in [0.15, 0.2) is 6.61 Å². The van der Waals surface area contributed by atoms with Gasteiger partial charge < -0.3 is 24.2 Å². The van der Waals surface area contributed by atoms with Gasteiger partial charge in [0, 0.05) is 40.7 Å². The summed E-state index contributed by atoms with van der Waals surface area (Å²) in [6.07, 6.45) is 2.62. The second-order valence-electron chi connectivity index (χ2n) is 7.43. The number of carbonyl (C=O) groups is 1. The predicted molar refractivity (Wildman–Crippen MR) is 119 cm³/mol. The molecule has 0 aliphatic rings. The van der Waals surface area contributed by atoms with Crippen LogP contribution in [0.15, 0.2) is 51.8 Å². The van der Waals surface area contributed by atoms with Gasteiger partial charge in [-0.3, -0.25) is 4.79 Å². The SMILES string of the molecule is COc1ccc2[nH]cc(CCNC(=O)COc3ccc4c(C)cc(=O)oc4c3C)c2c1. The number of aryl methyl sites for hydroxylation is 2. The minimum atomic E-state index is -0.405. The lowest BCUT2D eigenvalue weighted by Crippen LogP contribution is -2.30. The third-order valence-electron chi connectivity index (χ3n) is 5.37. The van der Waals surface area contributed by atoms with Crippen molar-refractivity contribution in [2.45, 2.75) is 20.3 Å². The van der Waals surface area contributed by atoms with Gasteiger partial charge in [0.05, 0.1) is 7.11 Å². The van der Waals surface area contributed by atoms with Gasteiger partial charge in [0.2, 0.25) is 0 Å². The number of aromatic amines is 1. The molecule has 0 bridgehead atoms. The summed E-state index contributed by atoms with van der Waals surface area (Å²) in [6.45, 7) is 4.03. The van der Waals surface area contributed by atoms with E-state index in [0.29, 0.717) is 29.9 Å². The summed E-state index contributed by atoms with van der Waals surface area (Å²) in [5.74, 6) is 1.09. The zero-order valence-electron chi connectivity index (χ0n) is 17.7. The standard InChI is InChI=1S/C24H24N2O5/c1-14-10-23(28)31-24-15(2)21(7-5-18(14)24)30-13-22(27)25-9-8-16-12-26-20-6-4-17(29-3)11-19(16)20/h4-7,10-12,26H,8-9,13H2,1-3H3,(H,25,27). The molecule has 0 unspecified atom stereocenters. The van der Waals surface area contributed by atoms with Gasteiger partial charge in [0.25, 0.3) is 5.91 Å². The van der Waals surface area contributed by atoms with Crippen molar-refractivity contribution in [1.82, 2.24) is 10.3 Å². The largest absolute Gasteiger partial charge is 0.497 e. The van der Waals surface area contributed by atoms with E-state index in [1.807, 2.05) is 44.3 Å². The molecule has 0 atom stereocenters. The van der Waals surface area contributed by atoms with Crippen molar-refractivity contribution in [1.29, 1.82) is 0 Å². The van der Waals surface area contributed by atoms with Crippen LogP contribution in [-0.4, -0.2) is 31.2 Å². The number of carbonyl (C=O) groups excluding carboxylic acids is 1. The van der Waals surface area contributed by atoms with E-state index in [4.69, 9.17) is 13.9 Å². The summed E-state index contributed by atoms with van der Waals surface area (Å²) >= 11 is 0. The molecule has 0 aliphatic carbocycles. The van der Waals surface area contributed by atoms with Crippen LogP contribution in [0.5, 0.6) is 11.5 Å². The molecule has 0 aliphatic heterocycles. The highest BCUT2D eigenvalue weighted by Crippen LogP contribution is 2.28. The second-order valence-corrected chi connectivity index (χ2v) is 7.43.